The first-order valence-electron chi connectivity index (χ1n) is 9.73. The number of para-hydroxylation sites is 1. The van der Waals surface area contributed by atoms with Crippen LogP contribution in [0.25, 0.3) is 0 Å². The Morgan fingerprint density at radius 3 is 2.34 bits per heavy atom. The molecule has 0 spiro atoms. The number of methoxy groups -OCH3 is 2. The number of nitrogens with zero attached hydrogens (tertiary/aromatic N) is 1. The minimum atomic E-state index is -3.92. The third kappa shape index (κ3) is 4.92. The molecule has 0 fully saturated rings. The normalized spacial score (nSPS) is 10.8. The number of rotatable bonds is 9. The summed E-state index contributed by atoms with van der Waals surface area (Å²) in [5.74, 6) is 0.538. The quantitative estimate of drug-likeness (QED) is 0.488. The van der Waals surface area contributed by atoms with Crippen molar-refractivity contribution >= 4 is 27.3 Å². The standard InChI is InChI=1S/C24H24N2O5S/c1-4-15-26(20-10-6-5-7-11-20)32(28,29)21-12-8-9-18(16-21)24(27)25-19-13-14-22(30-2)23(17-19)31-3/h4-14,16-17H,1,15H2,2-3H3,(H,25,27). The van der Waals surface area contributed by atoms with E-state index in [0.29, 0.717) is 22.9 Å². The highest BCUT2D eigenvalue weighted by atomic mass is 32.2. The monoisotopic (exact) mass is 452 g/mol. The Labute approximate surface area is 188 Å². The molecule has 7 nitrogen and oxygen atoms in total. The number of hydrogen-bond donors (Lipinski definition) is 1. The molecular formula is C24H24N2O5S. The molecule has 0 bridgehead atoms. The Kier molecular flexibility index (Phi) is 7.17. The predicted octanol–water partition coefficient (Wildman–Crippen LogP) is 4.34. The first kappa shape index (κ1) is 22.9. The zero-order valence-corrected chi connectivity index (χ0v) is 18.6. The van der Waals surface area contributed by atoms with Gasteiger partial charge in [0.05, 0.1) is 31.3 Å². The fraction of sp³-hybridized carbons (Fsp3) is 0.125. The van der Waals surface area contributed by atoms with Gasteiger partial charge in [0.1, 0.15) is 0 Å². The van der Waals surface area contributed by atoms with Crippen molar-refractivity contribution in [3.63, 3.8) is 0 Å². The summed E-state index contributed by atoms with van der Waals surface area (Å²) < 4.78 is 38.3. The maximum Gasteiger partial charge on any atom is 0.264 e. The molecule has 1 amide bonds. The van der Waals surface area contributed by atoms with E-state index in [4.69, 9.17) is 9.47 Å². The summed E-state index contributed by atoms with van der Waals surface area (Å²) >= 11 is 0. The first-order chi connectivity index (χ1) is 15.4. The molecule has 0 aromatic heterocycles. The number of sulfonamides is 1. The number of hydrogen-bond acceptors (Lipinski definition) is 5. The number of anilines is 2. The van der Waals surface area contributed by atoms with Crippen LogP contribution in [0.2, 0.25) is 0 Å². The van der Waals surface area contributed by atoms with Crippen LogP contribution in [0.15, 0.2) is 90.3 Å². The fourth-order valence-electron chi connectivity index (χ4n) is 3.10. The number of nitrogens with one attached hydrogen (secondary N) is 1. The van der Waals surface area contributed by atoms with Gasteiger partial charge < -0.3 is 14.8 Å². The average Bonchev–Trinajstić information content (AvgIpc) is 2.82. The van der Waals surface area contributed by atoms with Crippen LogP contribution in [0.3, 0.4) is 0 Å². The van der Waals surface area contributed by atoms with Crippen LogP contribution in [0.1, 0.15) is 10.4 Å². The van der Waals surface area contributed by atoms with Crippen molar-refractivity contribution in [2.24, 2.45) is 0 Å². The lowest BCUT2D eigenvalue weighted by Crippen LogP contribution is -2.31. The molecule has 0 saturated carbocycles. The molecule has 0 aliphatic rings. The van der Waals surface area contributed by atoms with Gasteiger partial charge >= 0.3 is 0 Å². The molecule has 3 aromatic rings. The summed E-state index contributed by atoms with van der Waals surface area (Å²) in [6.45, 7) is 3.75. The van der Waals surface area contributed by atoms with Gasteiger partial charge in [-0.1, -0.05) is 30.3 Å². The Morgan fingerprint density at radius 1 is 0.969 bits per heavy atom. The lowest BCUT2D eigenvalue weighted by Gasteiger charge is -2.23. The van der Waals surface area contributed by atoms with E-state index >= 15 is 0 Å². The number of carbonyl (C=O) groups excluding carboxylic acids is 1. The molecule has 0 aliphatic carbocycles. The highest BCUT2D eigenvalue weighted by molar-refractivity contribution is 7.92. The van der Waals surface area contributed by atoms with E-state index < -0.39 is 15.9 Å². The van der Waals surface area contributed by atoms with Gasteiger partial charge in [-0.3, -0.25) is 9.10 Å². The summed E-state index contributed by atoms with van der Waals surface area (Å²) in [6.07, 6.45) is 1.51. The third-order valence-electron chi connectivity index (χ3n) is 4.66. The van der Waals surface area contributed by atoms with Gasteiger partial charge in [0.2, 0.25) is 0 Å². The molecule has 166 valence electrons. The zero-order valence-electron chi connectivity index (χ0n) is 17.8. The maximum atomic E-state index is 13.3. The lowest BCUT2D eigenvalue weighted by atomic mass is 10.2. The summed E-state index contributed by atoms with van der Waals surface area (Å²) in [4.78, 5) is 12.8. The van der Waals surface area contributed by atoms with Crippen LogP contribution in [-0.4, -0.2) is 35.1 Å². The summed E-state index contributed by atoms with van der Waals surface area (Å²) in [7, 11) is -0.899. The van der Waals surface area contributed by atoms with E-state index in [1.54, 1.807) is 54.6 Å². The van der Waals surface area contributed by atoms with Crippen LogP contribution < -0.4 is 19.1 Å². The van der Waals surface area contributed by atoms with Gasteiger partial charge in [-0.25, -0.2) is 8.42 Å². The van der Waals surface area contributed by atoms with Crippen molar-refractivity contribution < 1.29 is 22.7 Å². The first-order valence-corrected chi connectivity index (χ1v) is 11.2. The van der Waals surface area contributed by atoms with Crippen molar-refractivity contribution in [3.8, 4) is 11.5 Å². The Hall–Kier alpha value is -3.78. The summed E-state index contributed by atoms with van der Waals surface area (Å²) in [5.41, 5.74) is 1.19. The van der Waals surface area contributed by atoms with E-state index in [1.807, 2.05) is 0 Å². The topological polar surface area (TPSA) is 84.9 Å². The molecule has 0 unspecified atom stereocenters. The second kappa shape index (κ2) is 10.0. The average molecular weight is 453 g/mol. The van der Waals surface area contributed by atoms with Crippen LogP contribution in [-0.2, 0) is 10.0 Å². The SMILES string of the molecule is C=CCN(c1ccccc1)S(=O)(=O)c1cccc(C(=O)Nc2ccc(OC)c(OC)c2)c1. The Balaban J connectivity index is 1.90. The van der Waals surface area contributed by atoms with Crippen molar-refractivity contribution in [2.45, 2.75) is 4.90 Å². The molecule has 3 rings (SSSR count). The molecule has 0 radical (unpaired) electrons. The zero-order chi connectivity index (χ0) is 23.1. The van der Waals surface area contributed by atoms with Gasteiger partial charge in [0.25, 0.3) is 15.9 Å². The summed E-state index contributed by atoms with van der Waals surface area (Å²) in [5, 5.41) is 2.75. The van der Waals surface area contributed by atoms with Crippen LogP contribution in [0.4, 0.5) is 11.4 Å². The highest BCUT2D eigenvalue weighted by Crippen LogP contribution is 2.30. The van der Waals surface area contributed by atoms with Crippen molar-refractivity contribution in [2.75, 3.05) is 30.4 Å². The molecule has 0 saturated heterocycles. The molecule has 8 heteroatoms. The Bertz CT molecular complexity index is 1210. The molecule has 0 aliphatic heterocycles. The van der Waals surface area contributed by atoms with Gasteiger partial charge in [-0.15, -0.1) is 6.58 Å². The number of amides is 1. The minimum Gasteiger partial charge on any atom is -0.493 e. The second-order valence-corrected chi connectivity index (χ2v) is 8.57. The maximum absolute atomic E-state index is 13.3. The molecule has 32 heavy (non-hydrogen) atoms. The van der Waals surface area contributed by atoms with Crippen molar-refractivity contribution in [1.82, 2.24) is 0 Å². The number of benzene rings is 3. The summed E-state index contributed by atoms with van der Waals surface area (Å²) in [6, 6.07) is 19.6. The van der Waals surface area contributed by atoms with Crippen molar-refractivity contribution in [1.29, 1.82) is 0 Å². The van der Waals surface area contributed by atoms with Crippen LogP contribution in [0.5, 0.6) is 11.5 Å². The highest BCUT2D eigenvalue weighted by Gasteiger charge is 2.25. The van der Waals surface area contributed by atoms with Gasteiger partial charge in [-0.05, 0) is 42.5 Å². The minimum absolute atomic E-state index is 0.00293. The van der Waals surface area contributed by atoms with E-state index in [0.717, 1.165) is 0 Å². The predicted molar refractivity (Wildman–Crippen MR) is 125 cm³/mol. The molecule has 3 aromatic carbocycles. The lowest BCUT2D eigenvalue weighted by molar-refractivity contribution is 0.102. The smallest absolute Gasteiger partial charge is 0.264 e. The van der Waals surface area contributed by atoms with E-state index in [9.17, 15) is 13.2 Å². The van der Waals surface area contributed by atoms with Crippen LogP contribution in [0, 0.1) is 0 Å². The van der Waals surface area contributed by atoms with E-state index in [1.165, 1.54) is 42.8 Å². The second-order valence-electron chi connectivity index (χ2n) is 6.71. The molecule has 0 heterocycles. The van der Waals surface area contributed by atoms with Gasteiger partial charge in [0.15, 0.2) is 11.5 Å². The molecule has 1 N–H and O–H groups in total. The largest absolute Gasteiger partial charge is 0.493 e. The van der Waals surface area contributed by atoms with Crippen LogP contribution >= 0.6 is 0 Å². The number of carbonyl (C=O) groups is 1. The van der Waals surface area contributed by atoms with Crippen molar-refractivity contribution in [3.05, 3.63) is 91.0 Å². The van der Waals surface area contributed by atoms with E-state index in [2.05, 4.69) is 11.9 Å². The van der Waals surface area contributed by atoms with Gasteiger partial charge in [0, 0.05) is 17.3 Å². The van der Waals surface area contributed by atoms with Gasteiger partial charge in [-0.2, -0.15) is 0 Å². The molecular weight excluding hydrogens is 428 g/mol. The molecule has 0 atom stereocenters. The Morgan fingerprint density at radius 2 is 1.69 bits per heavy atom. The number of ether oxygens (including phenoxy) is 2. The fourth-order valence-corrected chi connectivity index (χ4v) is 4.58. The van der Waals surface area contributed by atoms with E-state index in [-0.39, 0.29) is 17.0 Å². The third-order valence-corrected chi connectivity index (χ3v) is 6.45.